The van der Waals surface area contributed by atoms with Crippen LogP contribution in [0.3, 0.4) is 0 Å². The zero-order valence-corrected chi connectivity index (χ0v) is 11.1. The summed E-state index contributed by atoms with van der Waals surface area (Å²) in [4.78, 5) is 29.8. The zero-order chi connectivity index (χ0) is 13.5. The number of nitrogens with zero attached hydrogens (tertiary/aromatic N) is 3. The molecule has 0 bridgehead atoms. The highest BCUT2D eigenvalue weighted by molar-refractivity contribution is 5.99. The van der Waals surface area contributed by atoms with E-state index in [1.165, 1.54) is 10.8 Å². The standard InChI is InChI=1S/C13H18N4O2/c1-16-9-10(15-8-11(16)18)17-7-4-13(12(17)19)2-5-14-6-3-13/h8-9,14H,2-7H2,1H3. The third-order valence-electron chi connectivity index (χ3n) is 4.31. The van der Waals surface area contributed by atoms with Gasteiger partial charge in [-0.3, -0.25) is 14.5 Å². The van der Waals surface area contributed by atoms with Crippen LogP contribution in [0.15, 0.2) is 17.2 Å². The van der Waals surface area contributed by atoms with Crippen molar-refractivity contribution in [3.05, 3.63) is 22.7 Å². The molecule has 0 saturated carbocycles. The van der Waals surface area contributed by atoms with E-state index in [-0.39, 0.29) is 16.9 Å². The van der Waals surface area contributed by atoms with Crippen LogP contribution in [-0.4, -0.2) is 35.1 Å². The summed E-state index contributed by atoms with van der Waals surface area (Å²) in [6.45, 7) is 2.50. The van der Waals surface area contributed by atoms with Gasteiger partial charge in [0.1, 0.15) is 0 Å². The molecule has 3 rings (SSSR count). The second-order valence-corrected chi connectivity index (χ2v) is 5.43. The fourth-order valence-electron chi connectivity index (χ4n) is 3.03. The van der Waals surface area contributed by atoms with Crippen molar-refractivity contribution in [2.24, 2.45) is 12.5 Å². The van der Waals surface area contributed by atoms with Crippen LogP contribution in [0.2, 0.25) is 0 Å². The molecule has 0 unspecified atom stereocenters. The van der Waals surface area contributed by atoms with Gasteiger partial charge in [0.05, 0.1) is 11.6 Å². The Hall–Kier alpha value is -1.69. The molecule has 3 heterocycles. The van der Waals surface area contributed by atoms with Gasteiger partial charge in [-0.1, -0.05) is 0 Å². The smallest absolute Gasteiger partial charge is 0.268 e. The van der Waals surface area contributed by atoms with Crippen LogP contribution in [-0.2, 0) is 11.8 Å². The van der Waals surface area contributed by atoms with Crippen molar-refractivity contribution in [1.29, 1.82) is 0 Å². The Balaban J connectivity index is 1.89. The number of hydrogen-bond acceptors (Lipinski definition) is 4. The van der Waals surface area contributed by atoms with Gasteiger partial charge in [-0.25, -0.2) is 4.98 Å². The minimum Gasteiger partial charge on any atom is -0.317 e. The summed E-state index contributed by atoms with van der Waals surface area (Å²) in [6, 6.07) is 0. The Morgan fingerprint density at radius 3 is 2.68 bits per heavy atom. The first kappa shape index (κ1) is 12.3. The van der Waals surface area contributed by atoms with Crippen molar-refractivity contribution in [2.75, 3.05) is 24.5 Å². The number of amides is 1. The lowest BCUT2D eigenvalue weighted by molar-refractivity contribution is -0.126. The number of carbonyl (C=O) groups is 1. The molecule has 2 aliphatic heterocycles. The Morgan fingerprint density at radius 2 is 2.00 bits per heavy atom. The molecule has 2 saturated heterocycles. The lowest BCUT2D eigenvalue weighted by Crippen LogP contribution is -2.43. The van der Waals surface area contributed by atoms with E-state index < -0.39 is 0 Å². The number of carbonyl (C=O) groups excluding carboxylic acids is 1. The third kappa shape index (κ3) is 1.96. The summed E-state index contributed by atoms with van der Waals surface area (Å²) in [5.74, 6) is 0.752. The van der Waals surface area contributed by atoms with Gasteiger partial charge in [0.15, 0.2) is 5.82 Å². The van der Waals surface area contributed by atoms with E-state index in [0.29, 0.717) is 12.4 Å². The van der Waals surface area contributed by atoms with Gasteiger partial charge in [-0.05, 0) is 32.4 Å². The van der Waals surface area contributed by atoms with Crippen LogP contribution >= 0.6 is 0 Å². The van der Waals surface area contributed by atoms with Crippen LogP contribution < -0.4 is 15.8 Å². The fraction of sp³-hybridized carbons (Fsp3) is 0.615. The first-order valence-corrected chi connectivity index (χ1v) is 6.68. The Kier molecular flexibility index (Phi) is 2.89. The molecular weight excluding hydrogens is 244 g/mol. The fourth-order valence-corrected chi connectivity index (χ4v) is 3.03. The van der Waals surface area contributed by atoms with Crippen molar-refractivity contribution >= 4 is 11.7 Å². The van der Waals surface area contributed by atoms with E-state index in [2.05, 4.69) is 10.3 Å². The highest BCUT2D eigenvalue weighted by Gasteiger charge is 2.47. The number of piperidine rings is 1. The highest BCUT2D eigenvalue weighted by Crippen LogP contribution is 2.40. The molecule has 0 atom stereocenters. The van der Waals surface area contributed by atoms with E-state index in [0.717, 1.165) is 32.4 Å². The summed E-state index contributed by atoms with van der Waals surface area (Å²) in [5.41, 5.74) is -0.367. The Morgan fingerprint density at radius 1 is 1.26 bits per heavy atom. The molecule has 2 aliphatic rings. The van der Waals surface area contributed by atoms with E-state index in [1.54, 1.807) is 18.1 Å². The molecule has 0 aliphatic carbocycles. The van der Waals surface area contributed by atoms with Crippen LogP contribution in [0.4, 0.5) is 5.82 Å². The van der Waals surface area contributed by atoms with E-state index in [9.17, 15) is 9.59 Å². The monoisotopic (exact) mass is 262 g/mol. The predicted molar refractivity (Wildman–Crippen MR) is 71.0 cm³/mol. The molecule has 1 N–H and O–H groups in total. The van der Waals surface area contributed by atoms with E-state index in [4.69, 9.17) is 0 Å². The number of aromatic nitrogens is 2. The number of rotatable bonds is 1. The Labute approximate surface area is 111 Å². The lowest BCUT2D eigenvalue weighted by Gasteiger charge is -2.31. The maximum Gasteiger partial charge on any atom is 0.268 e. The molecule has 1 aromatic rings. The summed E-state index contributed by atoms with van der Waals surface area (Å²) >= 11 is 0. The molecule has 1 spiro atoms. The zero-order valence-electron chi connectivity index (χ0n) is 11.1. The molecule has 1 aromatic heterocycles. The number of aryl methyl sites for hydroxylation is 1. The summed E-state index contributed by atoms with van der Waals surface area (Å²) in [7, 11) is 1.67. The van der Waals surface area contributed by atoms with Crippen LogP contribution in [0.5, 0.6) is 0 Å². The predicted octanol–water partition coefficient (Wildman–Crippen LogP) is -0.113. The number of anilines is 1. The minimum atomic E-state index is -0.207. The van der Waals surface area contributed by atoms with Gasteiger partial charge < -0.3 is 9.88 Å². The molecule has 2 fully saturated rings. The molecule has 1 amide bonds. The van der Waals surface area contributed by atoms with E-state index in [1.807, 2.05) is 0 Å². The summed E-state index contributed by atoms with van der Waals surface area (Å²) in [5, 5.41) is 3.30. The Bertz CT molecular complexity index is 560. The van der Waals surface area contributed by atoms with Crippen LogP contribution in [0.25, 0.3) is 0 Å². The van der Waals surface area contributed by atoms with Crippen molar-refractivity contribution in [2.45, 2.75) is 19.3 Å². The largest absolute Gasteiger partial charge is 0.317 e. The average molecular weight is 262 g/mol. The van der Waals surface area contributed by atoms with Crippen LogP contribution in [0.1, 0.15) is 19.3 Å². The summed E-state index contributed by atoms with van der Waals surface area (Å²) < 4.78 is 1.46. The molecule has 19 heavy (non-hydrogen) atoms. The maximum absolute atomic E-state index is 12.6. The second kappa shape index (κ2) is 4.45. The van der Waals surface area contributed by atoms with Gasteiger partial charge in [-0.15, -0.1) is 0 Å². The summed E-state index contributed by atoms with van der Waals surface area (Å²) in [6.07, 6.45) is 5.59. The molecule has 6 heteroatoms. The number of nitrogens with one attached hydrogen (secondary N) is 1. The molecular formula is C13H18N4O2. The average Bonchev–Trinajstić information content (AvgIpc) is 2.72. The molecule has 6 nitrogen and oxygen atoms in total. The number of hydrogen-bond donors (Lipinski definition) is 1. The van der Waals surface area contributed by atoms with Crippen molar-refractivity contribution in [3.63, 3.8) is 0 Å². The highest BCUT2D eigenvalue weighted by atomic mass is 16.2. The van der Waals surface area contributed by atoms with Crippen molar-refractivity contribution in [1.82, 2.24) is 14.9 Å². The lowest BCUT2D eigenvalue weighted by atomic mass is 9.78. The van der Waals surface area contributed by atoms with E-state index >= 15 is 0 Å². The first-order valence-electron chi connectivity index (χ1n) is 6.68. The van der Waals surface area contributed by atoms with Gasteiger partial charge >= 0.3 is 0 Å². The third-order valence-corrected chi connectivity index (χ3v) is 4.31. The molecule has 0 aromatic carbocycles. The molecule has 102 valence electrons. The van der Waals surface area contributed by atoms with Crippen LogP contribution in [0, 0.1) is 5.41 Å². The van der Waals surface area contributed by atoms with Crippen molar-refractivity contribution < 1.29 is 4.79 Å². The second-order valence-electron chi connectivity index (χ2n) is 5.43. The van der Waals surface area contributed by atoms with Crippen molar-refractivity contribution in [3.8, 4) is 0 Å². The quantitative estimate of drug-likeness (QED) is 0.766. The van der Waals surface area contributed by atoms with Gasteiger partial charge in [0, 0.05) is 19.8 Å². The SMILES string of the molecule is Cn1cc(N2CCC3(CCNCC3)C2=O)ncc1=O. The molecule has 0 radical (unpaired) electrons. The topological polar surface area (TPSA) is 67.2 Å². The van der Waals surface area contributed by atoms with Gasteiger partial charge in [0.25, 0.3) is 5.56 Å². The van der Waals surface area contributed by atoms with Gasteiger partial charge in [-0.2, -0.15) is 0 Å². The normalized spacial score (nSPS) is 22.2. The maximum atomic E-state index is 12.6. The first-order chi connectivity index (χ1) is 9.12. The van der Waals surface area contributed by atoms with Gasteiger partial charge in [0.2, 0.25) is 5.91 Å². The minimum absolute atomic E-state index is 0.160.